The Morgan fingerprint density at radius 3 is 2.89 bits per heavy atom. The molecule has 1 heterocycles. The average molecular weight is 145 g/mol. The van der Waals surface area contributed by atoms with Gasteiger partial charge in [-0.3, -0.25) is 4.79 Å². The highest BCUT2D eigenvalue weighted by Crippen LogP contribution is 2.01. The Morgan fingerprint density at radius 2 is 2.44 bits per heavy atom. The molecule has 0 saturated heterocycles. The molecular weight excluding hydrogens is 140 g/mol. The van der Waals surface area contributed by atoms with E-state index in [1.165, 1.54) is 6.21 Å². The van der Waals surface area contributed by atoms with Gasteiger partial charge in [0, 0.05) is 6.21 Å². The highest BCUT2D eigenvalue weighted by Gasteiger charge is 2.14. The van der Waals surface area contributed by atoms with E-state index in [2.05, 4.69) is 9.98 Å². The summed E-state index contributed by atoms with van der Waals surface area (Å²) in [5, 5.41) is -0.659. The second-order valence-electron chi connectivity index (χ2n) is 1.68. The summed E-state index contributed by atoms with van der Waals surface area (Å²) < 4.78 is 0. The number of rotatable bonds is 0. The highest BCUT2D eigenvalue weighted by atomic mass is 35.5. The normalized spacial score (nSPS) is 26.2. The van der Waals surface area contributed by atoms with Gasteiger partial charge in [0.05, 0.1) is 0 Å². The molecule has 1 aliphatic heterocycles. The van der Waals surface area contributed by atoms with Crippen LogP contribution in [-0.4, -0.2) is 23.3 Å². The number of aliphatic imine (C=N–C) groups is 2. The van der Waals surface area contributed by atoms with E-state index >= 15 is 0 Å². The molecular formula is C5H5ClN2O. The fourth-order valence-electron chi connectivity index (χ4n) is 0.487. The molecule has 0 aromatic carbocycles. The van der Waals surface area contributed by atoms with E-state index < -0.39 is 5.38 Å². The molecule has 0 unspecified atom stereocenters. The van der Waals surface area contributed by atoms with E-state index in [1.807, 2.05) is 0 Å². The monoisotopic (exact) mass is 144 g/mol. The number of hydrogen-bond donors (Lipinski definition) is 0. The summed E-state index contributed by atoms with van der Waals surface area (Å²) in [5.41, 5.74) is 0. The molecule has 0 radical (unpaired) electrons. The first-order valence-corrected chi connectivity index (χ1v) is 2.91. The van der Waals surface area contributed by atoms with Crippen LogP contribution in [0.4, 0.5) is 0 Å². The number of carbonyl (C=O) groups excluding carboxylic acids is 1. The van der Waals surface area contributed by atoms with E-state index in [0.29, 0.717) is 5.84 Å². The summed E-state index contributed by atoms with van der Waals surface area (Å²) in [6.07, 6.45) is 1.38. The second-order valence-corrected chi connectivity index (χ2v) is 2.15. The molecule has 48 valence electrons. The lowest BCUT2D eigenvalue weighted by atomic mass is 10.4. The minimum absolute atomic E-state index is 0.329. The van der Waals surface area contributed by atoms with Gasteiger partial charge in [0.1, 0.15) is 11.2 Å². The van der Waals surface area contributed by atoms with Crippen LogP contribution in [0.2, 0.25) is 0 Å². The summed E-state index contributed by atoms with van der Waals surface area (Å²) in [6, 6.07) is 0. The van der Waals surface area contributed by atoms with Gasteiger partial charge in [-0.25, -0.2) is 4.99 Å². The predicted octanol–water partition coefficient (Wildman–Crippen LogP) is 0.623. The van der Waals surface area contributed by atoms with Gasteiger partial charge < -0.3 is 0 Å². The number of nitrogens with zero attached hydrogens (tertiary/aromatic N) is 2. The summed E-state index contributed by atoms with van der Waals surface area (Å²) in [6.45, 7) is 1.65. The van der Waals surface area contributed by atoms with Crippen LogP contribution in [-0.2, 0) is 4.79 Å². The van der Waals surface area contributed by atoms with Gasteiger partial charge in [0.15, 0.2) is 0 Å². The molecule has 3 nitrogen and oxygen atoms in total. The lowest BCUT2D eigenvalue weighted by Gasteiger charge is -2.02. The summed E-state index contributed by atoms with van der Waals surface area (Å²) in [5.74, 6) is 0.140. The van der Waals surface area contributed by atoms with Crippen molar-refractivity contribution in [2.24, 2.45) is 9.98 Å². The van der Waals surface area contributed by atoms with Crippen LogP contribution in [0.15, 0.2) is 9.98 Å². The van der Waals surface area contributed by atoms with E-state index in [-0.39, 0.29) is 5.91 Å². The van der Waals surface area contributed by atoms with Gasteiger partial charge in [0.2, 0.25) is 0 Å². The third-order valence-electron chi connectivity index (χ3n) is 0.900. The number of halogens is 1. The van der Waals surface area contributed by atoms with Crippen LogP contribution in [0.3, 0.4) is 0 Å². The zero-order valence-electron chi connectivity index (χ0n) is 4.84. The van der Waals surface area contributed by atoms with E-state index in [1.54, 1.807) is 6.92 Å². The van der Waals surface area contributed by atoms with Crippen molar-refractivity contribution in [2.75, 3.05) is 0 Å². The number of amidine groups is 1. The maximum absolute atomic E-state index is 10.6. The molecule has 0 fully saturated rings. The maximum atomic E-state index is 10.6. The maximum Gasteiger partial charge on any atom is 0.270 e. The molecule has 1 aliphatic rings. The molecule has 0 aromatic rings. The fraction of sp³-hybridized carbons (Fsp3) is 0.400. The minimum atomic E-state index is -0.659. The Bertz CT molecular complexity index is 197. The van der Waals surface area contributed by atoms with E-state index in [9.17, 15) is 4.79 Å². The Balaban J connectivity index is 2.82. The summed E-state index contributed by atoms with van der Waals surface area (Å²) in [4.78, 5) is 17.8. The SMILES string of the molecule is CC1=NC(=O)[C@H](Cl)C=N1. The topological polar surface area (TPSA) is 41.8 Å². The highest BCUT2D eigenvalue weighted by molar-refractivity contribution is 6.41. The van der Waals surface area contributed by atoms with Gasteiger partial charge in [-0.15, -0.1) is 11.6 Å². The van der Waals surface area contributed by atoms with E-state index in [4.69, 9.17) is 11.6 Å². The first-order valence-electron chi connectivity index (χ1n) is 2.47. The second kappa shape index (κ2) is 2.27. The van der Waals surface area contributed by atoms with Crippen molar-refractivity contribution >= 4 is 29.6 Å². The van der Waals surface area contributed by atoms with Gasteiger partial charge in [-0.05, 0) is 6.92 Å². The minimum Gasteiger partial charge on any atom is -0.270 e. The van der Waals surface area contributed by atoms with Crippen LogP contribution < -0.4 is 0 Å². The van der Waals surface area contributed by atoms with Crippen molar-refractivity contribution < 1.29 is 4.79 Å². The molecule has 0 aliphatic carbocycles. The Kier molecular flexibility index (Phi) is 1.62. The average Bonchev–Trinajstić information content (AvgIpc) is 1.80. The van der Waals surface area contributed by atoms with Crippen LogP contribution >= 0.6 is 11.6 Å². The van der Waals surface area contributed by atoms with Crippen molar-refractivity contribution in [3.05, 3.63) is 0 Å². The smallest absolute Gasteiger partial charge is 0.270 e. The lowest BCUT2D eigenvalue weighted by Crippen LogP contribution is -2.19. The van der Waals surface area contributed by atoms with Crippen LogP contribution in [0, 0.1) is 0 Å². The lowest BCUT2D eigenvalue weighted by molar-refractivity contribution is -0.116. The molecule has 0 spiro atoms. The van der Waals surface area contributed by atoms with Gasteiger partial charge in [-0.1, -0.05) is 0 Å². The zero-order valence-corrected chi connectivity index (χ0v) is 5.59. The number of carbonyl (C=O) groups is 1. The first kappa shape index (κ1) is 6.42. The third kappa shape index (κ3) is 1.36. The third-order valence-corrected chi connectivity index (χ3v) is 1.20. The molecule has 1 rings (SSSR count). The van der Waals surface area contributed by atoms with Gasteiger partial charge in [-0.2, -0.15) is 4.99 Å². The zero-order chi connectivity index (χ0) is 6.85. The summed E-state index contributed by atoms with van der Waals surface area (Å²) in [7, 11) is 0. The predicted molar refractivity (Wildman–Crippen MR) is 36.2 cm³/mol. The standard InChI is InChI=1S/C5H5ClN2O/c1-3-7-2-4(6)5(9)8-3/h2,4H,1H3/t4-/m1/s1. The Labute approximate surface area is 57.4 Å². The molecule has 1 amide bonds. The Hall–Kier alpha value is -0.700. The van der Waals surface area contributed by atoms with Crippen molar-refractivity contribution in [2.45, 2.75) is 12.3 Å². The van der Waals surface area contributed by atoms with Crippen molar-refractivity contribution in [3.63, 3.8) is 0 Å². The molecule has 0 saturated carbocycles. The van der Waals surface area contributed by atoms with Crippen molar-refractivity contribution in [1.29, 1.82) is 0 Å². The first-order chi connectivity index (χ1) is 4.20. The molecule has 0 aromatic heterocycles. The van der Waals surface area contributed by atoms with Gasteiger partial charge in [0.25, 0.3) is 5.91 Å². The largest absolute Gasteiger partial charge is 0.270 e. The molecule has 4 heteroatoms. The summed E-state index contributed by atoms with van der Waals surface area (Å²) >= 11 is 5.43. The van der Waals surface area contributed by atoms with E-state index in [0.717, 1.165) is 0 Å². The molecule has 0 bridgehead atoms. The number of alkyl halides is 1. The van der Waals surface area contributed by atoms with Crippen LogP contribution in [0.25, 0.3) is 0 Å². The van der Waals surface area contributed by atoms with Gasteiger partial charge >= 0.3 is 0 Å². The number of hydrogen-bond acceptors (Lipinski definition) is 2. The van der Waals surface area contributed by atoms with Crippen molar-refractivity contribution in [3.8, 4) is 0 Å². The fourth-order valence-corrected chi connectivity index (χ4v) is 0.592. The van der Waals surface area contributed by atoms with Crippen molar-refractivity contribution in [1.82, 2.24) is 0 Å². The number of amides is 1. The molecule has 9 heavy (non-hydrogen) atoms. The quantitative estimate of drug-likeness (QED) is 0.460. The van der Waals surface area contributed by atoms with Crippen LogP contribution in [0.5, 0.6) is 0 Å². The Morgan fingerprint density at radius 1 is 1.78 bits per heavy atom. The molecule has 0 N–H and O–H groups in total. The molecule has 1 atom stereocenters. The van der Waals surface area contributed by atoms with Crippen LogP contribution in [0.1, 0.15) is 6.92 Å².